The lowest BCUT2D eigenvalue weighted by molar-refractivity contribution is 0.0509. The van der Waals surface area contributed by atoms with E-state index < -0.39 is 23.4 Å². The van der Waals surface area contributed by atoms with Crippen molar-refractivity contribution in [1.82, 2.24) is 10.6 Å². The molecule has 0 radical (unpaired) electrons. The summed E-state index contributed by atoms with van der Waals surface area (Å²) in [6, 6.07) is 19.3. The summed E-state index contributed by atoms with van der Waals surface area (Å²) in [4.78, 5) is 32.7. The summed E-state index contributed by atoms with van der Waals surface area (Å²) in [5, 5.41) is 5.36. The Morgan fingerprint density at radius 1 is 0.630 bits per heavy atom. The van der Waals surface area contributed by atoms with Gasteiger partial charge in [-0.3, -0.25) is 9.98 Å². The lowest BCUT2D eigenvalue weighted by Gasteiger charge is -2.19. The van der Waals surface area contributed by atoms with Gasteiger partial charge in [-0.2, -0.15) is 0 Å². The van der Waals surface area contributed by atoms with Gasteiger partial charge >= 0.3 is 12.2 Å². The molecule has 0 spiro atoms. The van der Waals surface area contributed by atoms with Gasteiger partial charge in [-0.25, -0.2) is 9.59 Å². The molecular formula is C36H46N4O6. The number of aliphatic imine (C=N–C) groups is 2. The first-order valence-corrected chi connectivity index (χ1v) is 15.3. The van der Waals surface area contributed by atoms with E-state index in [1.807, 2.05) is 128 Å². The number of carbonyl (C=O) groups excluding carboxylic acids is 2. The molecule has 3 aromatic rings. The first-order valence-electron chi connectivity index (χ1n) is 15.3. The van der Waals surface area contributed by atoms with E-state index in [2.05, 4.69) is 20.6 Å². The van der Waals surface area contributed by atoms with Gasteiger partial charge in [0.2, 0.25) is 0 Å². The molecule has 0 fully saturated rings. The first-order chi connectivity index (χ1) is 21.7. The normalized spacial score (nSPS) is 11.8. The first kappa shape index (κ1) is 35.6. The van der Waals surface area contributed by atoms with Crippen LogP contribution in [-0.2, 0) is 9.47 Å². The van der Waals surface area contributed by atoms with Gasteiger partial charge in [0.25, 0.3) is 0 Å². The van der Waals surface area contributed by atoms with E-state index in [1.165, 1.54) is 0 Å². The van der Waals surface area contributed by atoms with Gasteiger partial charge in [0, 0.05) is 12.4 Å². The summed E-state index contributed by atoms with van der Waals surface area (Å²) >= 11 is 0. The van der Waals surface area contributed by atoms with Gasteiger partial charge in [-0.15, -0.1) is 0 Å². The highest BCUT2D eigenvalue weighted by molar-refractivity contribution is 5.86. The molecule has 0 saturated carbocycles. The number of alkyl carbamates (subject to hydrolysis) is 2. The SMILES string of the molecule is Cc1cc(OCCNC(=O)OC(C)(C)C)ccc1N=Cc1ccc(C=Nc2ccc(OCCNC(=O)OC(C)(C)C)cc2C)cc1. The van der Waals surface area contributed by atoms with Gasteiger partial charge in [-0.05, 0) is 114 Å². The molecule has 0 aliphatic carbocycles. The Bertz CT molecular complexity index is 1400. The van der Waals surface area contributed by atoms with E-state index in [9.17, 15) is 9.59 Å². The Morgan fingerprint density at radius 3 is 1.33 bits per heavy atom. The van der Waals surface area contributed by atoms with Gasteiger partial charge in [0.1, 0.15) is 35.9 Å². The zero-order chi connectivity index (χ0) is 33.7. The number of hydrogen-bond donors (Lipinski definition) is 2. The largest absolute Gasteiger partial charge is 0.492 e. The van der Waals surface area contributed by atoms with Gasteiger partial charge in [0.15, 0.2) is 0 Å². The van der Waals surface area contributed by atoms with E-state index >= 15 is 0 Å². The monoisotopic (exact) mass is 630 g/mol. The van der Waals surface area contributed by atoms with Crippen molar-refractivity contribution in [3.05, 3.63) is 82.9 Å². The van der Waals surface area contributed by atoms with Crippen LogP contribution in [0.5, 0.6) is 11.5 Å². The Balaban J connectivity index is 1.46. The molecular weight excluding hydrogens is 584 g/mol. The molecule has 0 aromatic heterocycles. The number of benzene rings is 3. The molecule has 2 N–H and O–H groups in total. The molecule has 2 amide bonds. The second-order valence-electron chi connectivity index (χ2n) is 12.6. The number of nitrogens with zero attached hydrogens (tertiary/aromatic N) is 2. The lowest BCUT2D eigenvalue weighted by Crippen LogP contribution is -2.34. The highest BCUT2D eigenvalue weighted by Crippen LogP contribution is 2.25. The summed E-state index contributed by atoms with van der Waals surface area (Å²) in [7, 11) is 0. The zero-order valence-electron chi connectivity index (χ0n) is 28.1. The molecule has 0 bridgehead atoms. The van der Waals surface area contributed by atoms with Crippen molar-refractivity contribution in [3.8, 4) is 11.5 Å². The standard InChI is InChI=1S/C36H46N4O6/c1-25-21-29(43-19-17-37-33(41)45-35(3,4)5)13-15-31(25)39-23-27-9-11-28(12-10-27)24-40-32-16-14-30(22-26(32)2)44-20-18-38-34(42)46-36(6,7)8/h9-16,21-24H,17-20H2,1-8H3,(H,37,41)(H,38,42). The molecule has 3 aromatic carbocycles. The summed E-state index contributed by atoms with van der Waals surface area (Å²) in [5.41, 5.74) is 4.48. The van der Waals surface area contributed by atoms with Crippen LogP contribution >= 0.6 is 0 Å². The minimum Gasteiger partial charge on any atom is -0.492 e. The highest BCUT2D eigenvalue weighted by atomic mass is 16.6. The van der Waals surface area contributed by atoms with Crippen LogP contribution in [0.25, 0.3) is 0 Å². The van der Waals surface area contributed by atoms with Gasteiger partial charge < -0.3 is 29.6 Å². The van der Waals surface area contributed by atoms with Crippen LogP contribution in [0, 0.1) is 13.8 Å². The van der Waals surface area contributed by atoms with Crippen molar-refractivity contribution in [3.63, 3.8) is 0 Å². The summed E-state index contributed by atoms with van der Waals surface area (Å²) in [6.45, 7) is 16.2. The molecule has 10 heteroatoms. The van der Waals surface area contributed by atoms with E-state index in [1.54, 1.807) is 0 Å². The fourth-order valence-electron chi connectivity index (χ4n) is 3.95. The number of aryl methyl sites for hydroxylation is 2. The highest BCUT2D eigenvalue weighted by Gasteiger charge is 2.16. The average molecular weight is 631 g/mol. The van der Waals surface area contributed by atoms with Gasteiger partial charge in [0.05, 0.1) is 24.5 Å². The Labute approximate surface area is 272 Å². The summed E-state index contributed by atoms with van der Waals surface area (Å²) in [6.07, 6.45) is 2.71. The van der Waals surface area contributed by atoms with Crippen molar-refractivity contribution in [2.45, 2.75) is 66.6 Å². The van der Waals surface area contributed by atoms with E-state index in [4.69, 9.17) is 18.9 Å². The third kappa shape index (κ3) is 13.4. The summed E-state index contributed by atoms with van der Waals surface area (Å²) < 4.78 is 21.9. The van der Waals surface area contributed by atoms with Crippen molar-refractivity contribution in [1.29, 1.82) is 0 Å². The molecule has 3 rings (SSSR count). The van der Waals surface area contributed by atoms with Crippen LogP contribution in [0.3, 0.4) is 0 Å². The third-order valence-electron chi connectivity index (χ3n) is 6.06. The smallest absolute Gasteiger partial charge is 0.407 e. The quantitative estimate of drug-likeness (QED) is 0.157. The van der Waals surface area contributed by atoms with E-state index in [0.717, 1.165) is 33.6 Å². The predicted molar refractivity (Wildman–Crippen MR) is 183 cm³/mol. The average Bonchev–Trinajstić information content (AvgIpc) is 2.95. The molecule has 0 unspecified atom stereocenters. The van der Waals surface area contributed by atoms with Crippen LogP contribution < -0.4 is 20.1 Å². The second-order valence-corrected chi connectivity index (χ2v) is 12.6. The van der Waals surface area contributed by atoms with Crippen LogP contribution in [0.4, 0.5) is 21.0 Å². The fourth-order valence-corrected chi connectivity index (χ4v) is 3.95. The zero-order valence-corrected chi connectivity index (χ0v) is 28.1. The molecule has 10 nitrogen and oxygen atoms in total. The van der Waals surface area contributed by atoms with Crippen LogP contribution in [-0.4, -0.2) is 62.1 Å². The number of hydrogen-bond acceptors (Lipinski definition) is 8. The maximum Gasteiger partial charge on any atom is 0.407 e. The second kappa shape index (κ2) is 16.5. The summed E-state index contributed by atoms with van der Waals surface area (Å²) in [5.74, 6) is 1.41. The lowest BCUT2D eigenvalue weighted by atomic mass is 10.1. The Kier molecular flexibility index (Phi) is 12.7. The molecule has 246 valence electrons. The van der Waals surface area contributed by atoms with E-state index in [-0.39, 0.29) is 0 Å². The maximum atomic E-state index is 11.7. The third-order valence-corrected chi connectivity index (χ3v) is 6.06. The number of nitrogens with one attached hydrogen (secondary N) is 2. The minimum atomic E-state index is -0.536. The Hall–Kier alpha value is -4.86. The van der Waals surface area contributed by atoms with Crippen LogP contribution in [0.1, 0.15) is 63.8 Å². The number of carbonyl (C=O) groups is 2. The minimum absolute atomic E-state index is 0.326. The van der Waals surface area contributed by atoms with E-state index in [0.29, 0.717) is 37.8 Å². The maximum absolute atomic E-state index is 11.7. The molecule has 0 aliphatic rings. The fraction of sp³-hybridized carbons (Fsp3) is 0.389. The number of amides is 2. The molecule has 0 saturated heterocycles. The van der Waals surface area contributed by atoms with Crippen molar-refractivity contribution >= 4 is 36.0 Å². The number of ether oxygens (including phenoxy) is 4. The molecule has 0 aliphatic heterocycles. The topological polar surface area (TPSA) is 120 Å². The number of rotatable bonds is 12. The Morgan fingerprint density at radius 2 is 1.00 bits per heavy atom. The van der Waals surface area contributed by atoms with Gasteiger partial charge in [-0.1, -0.05) is 24.3 Å². The van der Waals surface area contributed by atoms with Crippen LogP contribution in [0.2, 0.25) is 0 Å². The molecule has 46 heavy (non-hydrogen) atoms. The van der Waals surface area contributed by atoms with Crippen LogP contribution in [0.15, 0.2) is 70.6 Å². The predicted octanol–water partition coefficient (Wildman–Crippen LogP) is 7.61. The van der Waals surface area contributed by atoms with Crippen molar-refractivity contribution in [2.24, 2.45) is 9.98 Å². The van der Waals surface area contributed by atoms with Crippen molar-refractivity contribution in [2.75, 3.05) is 26.3 Å². The molecule has 0 heterocycles. The van der Waals surface area contributed by atoms with Crippen molar-refractivity contribution < 1.29 is 28.5 Å². The molecule has 0 atom stereocenters.